The Morgan fingerprint density at radius 3 is 2.58 bits per heavy atom. The van der Waals surface area contributed by atoms with E-state index in [1.54, 1.807) is 0 Å². The molecule has 1 heterocycles. The smallest absolute Gasteiger partial charge is 0.0654 e. The third-order valence-electron chi connectivity index (χ3n) is 4.02. The van der Waals surface area contributed by atoms with E-state index in [1.165, 1.54) is 16.8 Å². The molecule has 1 aliphatic heterocycles. The molecule has 1 unspecified atom stereocenters. The molecule has 1 aromatic carbocycles. The Morgan fingerprint density at radius 2 is 2.00 bits per heavy atom. The summed E-state index contributed by atoms with van der Waals surface area (Å²) in [4.78, 5) is 4.71. The van der Waals surface area contributed by atoms with Crippen LogP contribution in [0.1, 0.15) is 25.0 Å². The number of aliphatic hydroxyl groups excluding tert-OH is 1. The molecule has 0 aliphatic carbocycles. The summed E-state index contributed by atoms with van der Waals surface area (Å²) in [7, 11) is 2.13. The molecule has 0 bridgehead atoms. The van der Waals surface area contributed by atoms with Crippen LogP contribution in [0.4, 0.5) is 5.69 Å². The van der Waals surface area contributed by atoms with Gasteiger partial charge in [-0.25, -0.2) is 0 Å². The second-order valence-corrected chi connectivity index (χ2v) is 6.51. The number of benzene rings is 1. The van der Waals surface area contributed by atoms with Crippen molar-refractivity contribution in [3.05, 3.63) is 29.3 Å². The zero-order valence-electron chi connectivity index (χ0n) is 12.8. The summed E-state index contributed by atoms with van der Waals surface area (Å²) < 4.78 is 0. The molecule has 106 valence electrons. The first kappa shape index (κ1) is 14.4. The summed E-state index contributed by atoms with van der Waals surface area (Å²) >= 11 is 0. The van der Waals surface area contributed by atoms with Crippen molar-refractivity contribution < 1.29 is 5.11 Å². The lowest BCUT2D eigenvalue weighted by Crippen LogP contribution is -2.64. The van der Waals surface area contributed by atoms with E-state index in [1.807, 2.05) is 0 Å². The van der Waals surface area contributed by atoms with Crippen molar-refractivity contribution in [2.24, 2.45) is 0 Å². The van der Waals surface area contributed by atoms with Crippen LogP contribution in [-0.4, -0.2) is 48.3 Å². The topological polar surface area (TPSA) is 26.7 Å². The maximum Gasteiger partial charge on any atom is 0.0654 e. The molecular weight excluding hydrogens is 236 g/mol. The molecule has 3 heteroatoms. The predicted octanol–water partition coefficient (Wildman–Crippen LogP) is 2.19. The van der Waals surface area contributed by atoms with Gasteiger partial charge in [-0.2, -0.15) is 0 Å². The van der Waals surface area contributed by atoms with Gasteiger partial charge in [0.25, 0.3) is 0 Å². The minimum atomic E-state index is 0.0282. The highest BCUT2D eigenvalue weighted by atomic mass is 16.3. The number of rotatable bonds is 2. The highest BCUT2D eigenvalue weighted by Crippen LogP contribution is 2.33. The molecule has 1 fully saturated rings. The van der Waals surface area contributed by atoms with Crippen LogP contribution in [0.2, 0.25) is 0 Å². The first-order chi connectivity index (χ1) is 8.85. The molecule has 0 amide bonds. The average Bonchev–Trinajstić information content (AvgIpc) is 2.28. The van der Waals surface area contributed by atoms with E-state index in [9.17, 15) is 5.11 Å². The van der Waals surface area contributed by atoms with Crippen molar-refractivity contribution in [2.45, 2.75) is 39.3 Å². The van der Waals surface area contributed by atoms with Gasteiger partial charge in [-0.1, -0.05) is 17.7 Å². The van der Waals surface area contributed by atoms with Crippen LogP contribution >= 0.6 is 0 Å². The number of anilines is 1. The SMILES string of the molecule is Cc1ccc(N2C(CO)CN(C)CC2(C)C)c(C)c1. The molecule has 1 aliphatic rings. The second-order valence-electron chi connectivity index (χ2n) is 6.51. The van der Waals surface area contributed by atoms with Crippen molar-refractivity contribution in [1.82, 2.24) is 4.90 Å². The van der Waals surface area contributed by atoms with Gasteiger partial charge in [-0.15, -0.1) is 0 Å². The van der Waals surface area contributed by atoms with Crippen LogP contribution in [0, 0.1) is 13.8 Å². The molecule has 1 saturated heterocycles. The van der Waals surface area contributed by atoms with Crippen LogP contribution in [0.15, 0.2) is 18.2 Å². The Morgan fingerprint density at radius 1 is 1.32 bits per heavy atom. The molecule has 3 nitrogen and oxygen atoms in total. The number of nitrogens with zero attached hydrogens (tertiary/aromatic N) is 2. The average molecular weight is 262 g/mol. The van der Waals surface area contributed by atoms with Crippen molar-refractivity contribution >= 4 is 5.69 Å². The minimum absolute atomic E-state index is 0.0282. The first-order valence-corrected chi connectivity index (χ1v) is 7.01. The lowest BCUT2D eigenvalue weighted by molar-refractivity contribution is 0.137. The van der Waals surface area contributed by atoms with Gasteiger partial charge < -0.3 is 14.9 Å². The molecular formula is C16H26N2O. The van der Waals surface area contributed by atoms with E-state index in [2.05, 4.69) is 62.7 Å². The van der Waals surface area contributed by atoms with Crippen LogP contribution in [0.3, 0.4) is 0 Å². The van der Waals surface area contributed by atoms with Crippen LogP contribution in [0.5, 0.6) is 0 Å². The summed E-state index contributed by atoms with van der Waals surface area (Å²) in [5.74, 6) is 0. The van der Waals surface area contributed by atoms with Gasteiger partial charge in [0.2, 0.25) is 0 Å². The van der Waals surface area contributed by atoms with Gasteiger partial charge in [-0.05, 0) is 46.4 Å². The standard InChI is InChI=1S/C16H26N2O/c1-12-6-7-15(13(2)8-12)18-14(10-19)9-17(5)11-16(18,3)4/h6-8,14,19H,9-11H2,1-5H3. The van der Waals surface area contributed by atoms with Crippen LogP contribution < -0.4 is 4.90 Å². The summed E-state index contributed by atoms with van der Waals surface area (Å²) in [6, 6.07) is 6.74. The monoisotopic (exact) mass is 262 g/mol. The summed E-state index contributed by atoms with van der Waals surface area (Å²) in [6.07, 6.45) is 0. The molecule has 0 spiro atoms. The quantitative estimate of drug-likeness (QED) is 0.885. The molecule has 1 N–H and O–H groups in total. The van der Waals surface area contributed by atoms with Crippen molar-refractivity contribution in [3.63, 3.8) is 0 Å². The van der Waals surface area contributed by atoms with E-state index < -0.39 is 0 Å². The summed E-state index contributed by atoms with van der Waals surface area (Å²) in [6.45, 7) is 10.9. The fourth-order valence-electron chi connectivity index (χ4n) is 3.47. The maximum atomic E-state index is 9.75. The molecule has 2 rings (SSSR count). The van der Waals surface area contributed by atoms with Crippen LogP contribution in [-0.2, 0) is 0 Å². The molecule has 1 atom stereocenters. The zero-order chi connectivity index (χ0) is 14.2. The fraction of sp³-hybridized carbons (Fsp3) is 0.625. The van der Waals surface area contributed by atoms with Gasteiger partial charge in [-0.3, -0.25) is 0 Å². The normalized spacial score (nSPS) is 23.7. The van der Waals surface area contributed by atoms with E-state index in [4.69, 9.17) is 0 Å². The van der Waals surface area contributed by atoms with Crippen molar-refractivity contribution in [1.29, 1.82) is 0 Å². The van der Waals surface area contributed by atoms with Gasteiger partial charge in [0.05, 0.1) is 12.6 Å². The number of aliphatic hydroxyl groups is 1. The largest absolute Gasteiger partial charge is 0.394 e. The first-order valence-electron chi connectivity index (χ1n) is 7.01. The number of piperazine rings is 1. The van der Waals surface area contributed by atoms with Crippen molar-refractivity contribution in [3.8, 4) is 0 Å². The number of likely N-dealkylation sites (N-methyl/N-ethyl adjacent to an activating group) is 1. The molecule has 0 saturated carbocycles. The number of aryl methyl sites for hydroxylation is 2. The van der Waals surface area contributed by atoms with E-state index in [0.717, 1.165) is 13.1 Å². The fourth-order valence-corrected chi connectivity index (χ4v) is 3.47. The molecule has 0 radical (unpaired) electrons. The van der Waals surface area contributed by atoms with Gasteiger partial charge >= 0.3 is 0 Å². The predicted molar refractivity (Wildman–Crippen MR) is 80.8 cm³/mol. The lowest BCUT2D eigenvalue weighted by Gasteiger charge is -2.52. The molecule has 1 aromatic rings. The van der Waals surface area contributed by atoms with Gasteiger partial charge in [0, 0.05) is 24.3 Å². The molecule has 19 heavy (non-hydrogen) atoms. The van der Waals surface area contributed by atoms with E-state index in [-0.39, 0.29) is 18.2 Å². The summed E-state index contributed by atoms with van der Waals surface area (Å²) in [5, 5.41) is 9.75. The number of hydrogen-bond acceptors (Lipinski definition) is 3. The third kappa shape index (κ3) is 2.77. The maximum absolute atomic E-state index is 9.75. The summed E-state index contributed by atoms with van der Waals surface area (Å²) in [5.41, 5.74) is 3.85. The second kappa shape index (κ2) is 5.14. The Labute approximate surface area is 116 Å². The molecule has 0 aromatic heterocycles. The Balaban J connectivity index is 2.43. The zero-order valence-corrected chi connectivity index (χ0v) is 12.8. The Bertz CT molecular complexity index is 456. The van der Waals surface area contributed by atoms with E-state index in [0.29, 0.717) is 0 Å². The van der Waals surface area contributed by atoms with Gasteiger partial charge in [0.1, 0.15) is 0 Å². The third-order valence-corrected chi connectivity index (χ3v) is 4.02. The lowest BCUT2D eigenvalue weighted by atomic mass is 9.93. The Hall–Kier alpha value is -1.06. The minimum Gasteiger partial charge on any atom is -0.394 e. The Kier molecular flexibility index (Phi) is 3.88. The highest BCUT2D eigenvalue weighted by Gasteiger charge is 2.38. The van der Waals surface area contributed by atoms with Crippen molar-refractivity contribution in [2.75, 3.05) is 31.6 Å². The highest BCUT2D eigenvalue weighted by molar-refractivity contribution is 5.57. The van der Waals surface area contributed by atoms with Gasteiger partial charge in [0.15, 0.2) is 0 Å². The number of hydrogen-bond donors (Lipinski definition) is 1. The van der Waals surface area contributed by atoms with Crippen LogP contribution in [0.25, 0.3) is 0 Å². The van der Waals surface area contributed by atoms with E-state index >= 15 is 0 Å².